The zero-order valence-electron chi connectivity index (χ0n) is 14.1. The van der Waals surface area contributed by atoms with Gasteiger partial charge in [-0.25, -0.2) is 0 Å². The lowest BCUT2D eigenvalue weighted by Gasteiger charge is -2.21. The molecule has 0 spiro atoms. The van der Waals surface area contributed by atoms with Crippen LogP contribution in [0.3, 0.4) is 0 Å². The molecule has 0 atom stereocenters. The molecule has 0 saturated heterocycles. The number of hydrogen-bond donors (Lipinski definition) is 1. The molecule has 2 rings (SSSR count). The molecule has 0 radical (unpaired) electrons. The van der Waals surface area contributed by atoms with E-state index in [-0.39, 0.29) is 12.5 Å². The van der Waals surface area contributed by atoms with Crippen LogP contribution in [0.1, 0.15) is 16.7 Å². The molecule has 0 aliphatic rings. The highest BCUT2D eigenvalue weighted by Gasteiger charge is 2.13. The van der Waals surface area contributed by atoms with Crippen molar-refractivity contribution in [2.24, 2.45) is 0 Å². The topological polar surface area (TPSA) is 40.5 Å². The molecule has 24 heavy (non-hydrogen) atoms. The molecule has 0 fully saturated rings. The Morgan fingerprint density at radius 1 is 1.04 bits per heavy atom. The molecule has 2 aromatic rings. The maximum atomic E-state index is 12.4. The summed E-state index contributed by atoms with van der Waals surface area (Å²) in [5.74, 6) is 1.37. The van der Waals surface area contributed by atoms with Crippen molar-refractivity contribution in [1.29, 1.82) is 0 Å². The smallest absolute Gasteiger partial charge is 0.232 e. The molecule has 1 N–H and O–H groups in total. The summed E-state index contributed by atoms with van der Waals surface area (Å²) in [5.41, 5.74) is 3.69. The first-order chi connectivity index (χ1) is 11.7. The number of hydrogen-bond acceptors (Lipinski definition) is 3. The van der Waals surface area contributed by atoms with Crippen LogP contribution in [0.15, 0.2) is 54.6 Å². The predicted octanol–water partition coefficient (Wildman–Crippen LogP) is 3.29. The number of aryl methyl sites for hydroxylation is 1. The van der Waals surface area contributed by atoms with E-state index in [2.05, 4.69) is 37.3 Å². The van der Waals surface area contributed by atoms with Crippen LogP contribution in [0.2, 0.25) is 0 Å². The van der Waals surface area contributed by atoms with Crippen molar-refractivity contribution < 1.29 is 9.90 Å². The largest absolute Gasteiger partial charge is 0.395 e. The molecule has 0 aliphatic heterocycles. The quantitative estimate of drug-likeness (QED) is 0.759. The number of aliphatic hydroxyl groups excluding tert-OH is 1. The van der Waals surface area contributed by atoms with Crippen molar-refractivity contribution in [2.45, 2.75) is 19.1 Å². The van der Waals surface area contributed by atoms with Gasteiger partial charge < -0.3 is 10.0 Å². The summed E-state index contributed by atoms with van der Waals surface area (Å²) in [6, 6.07) is 18.5. The number of carbonyl (C=O) groups is 1. The highest BCUT2D eigenvalue weighted by molar-refractivity contribution is 7.99. The SMILES string of the molecule is Cc1cccc(CSCC(=O)N(CCO)CCc2ccccc2)c1. The third-order valence-corrected chi connectivity index (χ3v) is 4.80. The van der Waals surface area contributed by atoms with Crippen molar-refractivity contribution in [3.63, 3.8) is 0 Å². The Labute approximate surface area is 148 Å². The normalized spacial score (nSPS) is 10.6. The molecule has 0 bridgehead atoms. The van der Waals surface area contributed by atoms with E-state index in [4.69, 9.17) is 0 Å². The average Bonchev–Trinajstić information content (AvgIpc) is 2.59. The van der Waals surface area contributed by atoms with Crippen LogP contribution in [0, 0.1) is 6.92 Å². The van der Waals surface area contributed by atoms with Gasteiger partial charge in [-0.3, -0.25) is 4.79 Å². The number of rotatable bonds is 9. The van der Waals surface area contributed by atoms with Gasteiger partial charge >= 0.3 is 0 Å². The molecule has 0 saturated carbocycles. The first kappa shape index (κ1) is 18.6. The van der Waals surface area contributed by atoms with Crippen LogP contribution >= 0.6 is 11.8 Å². The molecule has 3 nitrogen and oxygen atoms in total. The van der Waals surface area contributed by atoms with Crippen LogP contribution in [-0.2, 0) is 17.0 Å². The van der Waals surface area contributed by atoms with E-state index in [1.807, 2.05) is 24.3 Å². The number of nitrogens with zero attached hydrogens (tertiary/aromatic N) is 1. The monoisotopic (exact) mass is 343 g/mol. The van der Waals surface area contributed by atoms with Gasteiger partial charge in [0.25, 0.3) is 0 Å². The molecule has 0 unspecified atom stereocenters. The molecule has 0 heterocycles. The number of thioether (sulfide) groups is 1. The van der Waals surface area contributed by atoms with Gasteiger partial charge in [0.2, 0.25) is 5.91 Å². The van der Waals surface area contributed by atoms with E-state index in [0.29, 0.717) is 18.8 Å². The van der Waals surface area contributed by atoms with Gasteiger partial charge in [0.15, 0.2) is 0 Å². The number of benzene rings is 2. The fourth-order valence-electron chi connectivity index (χ4n) is 2.54. The summed E-state index contributed by atoms with van der Waals surface area (Å²) in [5, 5.41) is 9.22. The maximum absolute atomic E-state index is 12.4. The van der Waals surface area contributed by atoms with Gasteiger partial charge in [0, 0.05) is 18.8 Å². The molecule has 128 valence electrons. The second kappa shape index (κ2) is 10.2. The van der Waals surface area contributed by atoms with E-state index >= 15 is 0 Å². The second-order valence-electron chi connectivity index (χ2n) is 5.82. The van der Waals surface area contributed by atoms with Crippen molar-refractivity contribution in [3.05, 3.63) is 71.3 Å². The van der Waals surface area contributed by atoms with Gasteiger partial charge in [0.05, 0.1) is 12.4 Å². The third kappa shape index (κ3) is 6.38. The molecule has 0 aliphatic carbocycles. The average molecular weight is 343 g/mol. The van der Waals surface area contributed by atoms with Gasteiger partial charge in [0.1, 0.15) is 0 Å². The fraction of sp³-hybridized carbons (Fsp3) is 0.350. The fourth-order valence-corrected chi connectivity index (χ4v) is 3.41. The Morgan fingerprint density at radius 3 is 2.50 bits per heavy atom. The third-order valence-electron chi connectivity index (χ3n) is 3.81. The second-order valence-corrected chi connectivity index (χ2v) is 6.81. The molecular weight excluding hydrogens is 318 g/mol. The molecule has 4 heteroatoms. The Hall–Kier alpha value is -1.78. The lowest BCUT2D eigenvalue weighted by molar-refractivity contribution is -0.128. The van der Waals surface area contributed by atoms with Crippen LogP contribution in [0.4, 0.5) is 0 Å². The Bertz CT molecular complexity index is 631. The zero-order chi connectivity index (χ0) is 17.2. The summed E-state index contributed by atoms with van der Waals surface area (Å²) in [7, 11) is 0. The number of aliphatic hydroxyl groups is 1. The van der Waals surface area contributed by atoms with Crippen LogP contribution in [0.25, 0.3) is 0 Å². The minimum absolute atomic E-state index is 0.00305. The van der Waals surface area contributed by atoms with Crippen molar-refractivity contribution >= 4 is 17.7 Å². The Balaban J connectivity index is 1.80. The number of carbonyl (C=O) groups excluding carboxylic acids is 1. The summed E-state index contributed by atoms with van der Waals surface area (Å²) < 4.78 is 0. The molecule has 2 aromatic carbocycles. The van der Waals surface area contributed by atoms with E-state index < -0.39 is 0 Å². The Morgan fingerprint density at radius 2 is 1.79 bits per heavy atom. The predicted molar refractivity (Wildman–Crippen MR) is 101 cm³/mol. The standard InChI is InChI=1S/C20H25NO2S/c1-17-6-5-9-19(14-17)15-24-16-20(23)21(12-13-22)11-10-18-7-3-2-4-8-18/h2-9,14,22H,10-13,15-16H2,1H3. The van der Waals surface area contributed by atoms with Crippen LogP contribution < -0.4 is 0 Å². The van der Waals surface area contributed by atoms with Crippen molar-refractivity contribution in [1.82, 2.24) is 4.90 Å². The van der Waals surface area contributed by atoms with Crippen LogP contribution in [-0.4, -0.2) is 41.4 Å². The molecule has 0 aromatic heterocycles. The van der Waals surface area contributed by atoms with E-state index in [1.165, 1.54) is 16.7 Å². The highest BCUT2D eigenvalue weighted by atomic mass is 32.2. The van der Waals surface area contributed by atoms with Gasteiger partial charge in [-0.05, 0) is 24.5 Å². The lowest BCUT2D eigenvalue weighted by atomic mass is 10.1. The molecule has 1 amide bonds. The summed E-state index contributed by atoms with van der Waals surface area (Å²) in [6.45, 7) is 3.13. The zero-order valence-corrected chi connectivity index (χ0v) is 15.0. The summed E-state index contributed by atoms with van der Waals surface area (Å²) in [4.78, 5) is 14.2. The summed E-state index contributed by atoms with van der Waals surface area (Å²) >= 11 is 1.63. The Kier molecular flexibility index (Phi) is 7.86. The van der Waals surface area contributed by atoms with E-state index in [1.54, 1.807) is 16.7 Å². The number of amides is 1. The first-order valence-corrected chi connectivity index (χ1v) is 9.40. The van der Waals surface area contributed by atoms with E-state index in [9.17, 15) is 9.90 Å². The minimum atomic E-state index is 0.00305. The summed E-state index contributed by atoms with van der Waals surface area (Å²) in [6.07, 6.45) is 0.815. The van der Waals surface area contributed by atoms with Crippen molar-refractivity contribution in [2.75, 3.05) is 25.4 Å². The maximum Gasteiger partial charge on any atom is 0.232 e. The molecular formula is C20H25NO2S. The lowest BCUT2D eigenvalue weighted by Crippen LogP contribution is -2.36. The van der Waals surface area contributed by atoms with E-state index in [0.717, 1.165) is 12.2 Å². The minimum Gasteiger partial charge on any atom is -0.395 e. The highest BCUT2D eigenvalue weighted by Crippen LogP contribution is 2.14. The van der Waals surface area contributed by atoms with Crippen molar-refractivity contribution in [3.8, 4) is 0 Å². The first-order valence-electron chi connectivity index (χ1n) is 8.25. The van der Waals surface area contributed by atoms with Gasteiger partial charge in [-0.15, -0.1) is 11.8 Å². The van der Waals surface area contributed by atoms with Gasteiger partial charge in [-0.1, -0.05) is 60.2 Å². The van der Waals surface area contributed by atoms with Crippen LogP contribution in [0.5, 0.6) is 0 Å². The van der Waals surface area contributed by atoms with Gasteiger partial charge in [-0.2, -0.15) is 0 Å².